The predicted molar refractivity (Wildman–Crippen MR) is 111 cm³/mol. The first-order valence-electron chi connectivity index (χ1n) is 9.31. The van der Waals surface area contributed by atoms with Crippen molar-refractivity contribution in [2.75, 3.05) is 0 Å². The molecular formula is C21H24BNO4S. The van der Waals surface area contributed by atoms with Crippen LogP contribution in [0.5, 0.6) is 0 Å². The third kappa shape index (κ3) is 2.89. The molecule has 0 spiro atoms. The molecule has 4 rings (SSSR count). The number of hydrogen-bond acceptors (Lipinski definition) is 4. The second-order valence-corrected chi connectivity index (χ2v) is 10.1. The molecule has 5 nitrogen and oxygen atoms in total. The summed E-state index contributed by atoms with van der Waals surface area (Å²) in [5.41, 5.74) is 1.56. The lowest BCUT2D eigenvalue weighted by molar-refractivity contribution is 0.00578. The summed E-state index contributed by atoms with van der Waals surface area (Å²) in [5, 5.41) is 0.837. The lowest BCUT2D eigenvalue weighted by atomic mass is 9.78. The Morgan fingerprint density at radius 3 is 2.14 bits per heavy atom. The molecule has 2 aromatic carbocycles. The maximum atomic E-state index is 13.1. The van der Waals surface area contributed by atoms with Crippen molar-refractivity contribution < 1.29 is 17.7 Å². The average molecular weight is 397 g/mol. The summed E-state index contributed by atoms with van der Waals surface area (Å²) in [6.45, 7) is 9.97. The first kappa shape index (κ1) is 19.2. The molecule has 146 valence electrons. The van der Waals surface area contributed by atoms with Gasteiger partial charge in [0.05, 0.1) is 21.6 Å². The molecule has 1 saturated heterocycles. The van der Waals surface area contributed by atoms with Crippen LogP contribution in [0.2, 0.25) is 0 Å². The minimum Gasteiger partial charge on any atom is -0.399 e. The van der Waals surface area contributed by atoms with Crippen LogP contribution in [0.3, 0.4) is 0 Å². The summed E-state index contributed by atoms with van der Waals surface area (Å²) in [4.78, 5) is 0.266. The Morgan fingerprint density at radius 2 is 1.54 bits per heavy atom. The normalized spacial score (nSPS) is 18.7. The molecule has 1 aliphatic heterocycles. The van der Waals surface area contributed by atoms with Crippen LogP contribution in [0.1, 0.15) is 33.3 Å². The van der Waals surface area contributed by atoms with Gasteiger partial charge in [-0.05, 0) is 63.8 Å². The molecule has 0 aliphatic carbocycles. The summed E-state index contributed by atoms with van der Waals surface area (Å²) in [5.74, 6) is 0. The van der Waals surface area contributed by atoms with E-state index in [2.05, 4.69) is 0 Å². The molecule has 1 aliphatic rings. The van der Waals surface area contributed by atoms with E-state index in [0.717, 1.165) is 16.4 Å². The van der Waals surface area contributed by atoms with E-state index in [9.17, 15) is 8.42 Å². The summed E-state index contributed by atoms with van der Waals surface area (Å²) in [6, 6.07) is 14.2. The first-order chi connectivity index (χ1) is 13.0. The largest absolute Gasteiger partial charge is 0.494 e. The highest BCUT2D eigenvalue weighted by atomic mass is 32.2. The van der Waals surface area contributed by atoms with Crippen molar-refractivity contribution in [1.29, 1.82) is 0 Å². The predicted octanol–water partition coefficient (Wildman–Crippen LogP) is 3.49. The molecule has 28 heavy (non-hydrogen) atoms. The van der Waals surface area contributed by atoms with Gasteiger partial charge in [0, 0.05) is 11.6 Å². The summed E-state index contributed by atoms with van der Waals surface area (Å²) in [6.07, 6.45) is 1.61. The van der Waals surface area contributed by atoms with Gasteiger partial charge in [0.25, 0.3) is 10.0 Å². The quantitative estimate of drug-likeness (QED) is 0.635. The third-order valence-corrected chi connectivity index (χ3v) is 7.48. The van der Waals surface area contributed by atoms with Gasteiger partial charge in [-0.1, -0.05) is 30.3 Å². The monoisotopic (exact) mass is 397 g/mol. The van der Waals surface area contributed by atoms with Crippen molar-refractivity contribution in [2.45, 2.75) is 50.7 Å². The van der Waals surface area contributed by atoms with Gasteiger partial charge in [-0.2, -0.15) is 0 Å². The molecule has 3 aromatic rings. The Kier molecular flexibility index (Phi) is 4.27. The first-order valence-corrected chi connectivity index (χ1v) is 10.7. The minimum atomic E-state index is -3.66. The van der Waals surface area contributed by atoms with Crippen LogP contribution in [0.4, 0.5) is 0 Å². The van der Waals surface area contributed by atoms with Crippen LogP contribution >= 0.6 is 0 Å². The second kappa shape index (κ2) is 6.21. The van der Waals surface area contributed by atoms with Crippen LogP contribution in [0.25, 0.3) is 10.9 Å². The van der Waals surface area contributed by atoms with Crippen molar-refractivity contribution in [3.63, 3.8) is 0 Å². The van der Waals surface area contributed by atoms with Gasteiger partial charge >= 0.3 is 7.12 Å². The van der Waals surface area contributed by atoms with Crippen LogP contribution < -0.4 is 5.46 Å². The lowest BCUT2D eigenvalue weighted by Gasteiger charge is -2.32. The average Bonchev–Trinajstić information content (AvgIpc) is 3.15. The van der Waals surface area contributed by atoms with Crippen LogP contribution in [0, 0.1) is 6.92 Å². The van der Waals surface area contributed by atoms with E-state index >= 15 is 0 Å². The van der Waals surface area contributed by atoms with Crippen molar-refractivity contribution in [3.05, 3.63) is 60.3 Å². The maximum absolute atomic E-state index is 13.1. The third-order valence-electron chi connectivity index (χ3n) is 5.79. The highest BCUT2D eigenvalue weighted by Gasteiger charge is 2.51. The highest BCUT2D eigenvalue weighted by Crippen LogP contribution is 2.37. The van der Waals surface area contributed by atoms with Crippen molar-refractivity contribution in [3.8, 4) is 0 Å². The lowest BCUT2D eigenvalue weighted by Crippen LogP contribution is -2.41. The van der Waals surface area contributed by atoms with Gasteiger partial charge in [0.15, 0.2) is 0 Å². The maximum Gasteiger partial charge on any atom is 0.494 e. The van der Waals surface area contributed by atoms with E-state index < -0.39 is 28.3 Å². The van der Waals surface area contributed by atoms with E-state index in [1.807, 2.05) is 52.8 Å². The molecule has 1 aromatic heterocycles. The molecule has 1 fully saturated rings. The number of aromatic nitrogens is 1. The van der Waals surface area contributed by atoms with E-state index in [4.69, 9.17) is 9.31 Å². The molecule has 0 unspecified atom stereocenters. The van der Waals surface area contributed by atoms with E-state index in [1.165, 1.54) is 3.97 Å². The Bertz CT molecular complexity index is 1130. The SMILES string of the molecule is Cc1cc(B2OC(C)(C)C(C)(C)O2)cc2ccn(S(=O)(=O)c3ccccc3)c12. The number of benzene rings is 2. The van der Waals surface area contributed by atoms with E-state index in [1.54, 1.807) is 36.5 Å². The number of nitrogens with zero attached hydrogens (tertiary/aromatic N) is 1. The van der Waals surface area contributed by atoms with Gasteiger partial charge in [-0.3, -0.25) is 0 Å². The number of hydrogen-bond donors (Lipinski definition) is 0. The van der Waals surface area contributed by atoms with Gasteiger partial charge in [-0.15, -0.1) is 0 Å². The molecule has 7 heteroatoms. The van der Waals surface area contributed by atoms with Crippen molar-refractivity contribution in [2.24, 2.45) is 0 Å². The number of fused-ring (bicyclic) bond motifs is 1. The summed E-state index contributed by atoms with van der Waals surface area (Å²) in [7, 11) is -4.14. The van der Waals surface area contributed by atoms with E-state index in [0.29, 0.717) is 5.52 Å². The smallest absolute Gasteiger partial charge is 0.399 e. The molecule has 0 N–H and O–H groups in total. The zero-order valence-electron chi connectivity index (χ0n) is 16.8. The topological polar surface area (TPSA) is 57.5 Å². The van der Waals surface area contributed by atoms with Crippen molar-refractivity contribution in [1.82, 2.24) is 3.97 Å². The number of aryl methyl sites for hydroxylation is 1. The Labute approximate surface area is 166 Å². The van der Waals surface area contributed by atoms with Gasteiger partial charge in [0.2, 0.25) is 0 Å². The Balaban J connectivity index is 1.80. The fourth-order valence-corrected chi connectivity index (χ4v) is 4.95. The fraction of sp³-hybridized carbons (Fsp3) is 0.333. The molecular weight excluding hydrogens is 373 g/mol. The van der Waals surface area contributed by atoms with Gasteiger partial charge < -0.3 is 9.31 Å². The number of rotatable bonds is 3. The van der Waals surface area contributed by atoms with Crippen LogP contribution in [0.15, 0.2) is 59.6 Å². The molecule has 2 heterocycles. The zero-order valence-corrected chi connectivity index (χ0v) is 17.6. The van der Waals surface area contributed by atoms with Gasteiger partial charge in [-0.25, -0.2) is 12.4 Å². The fourth-order valence-electron chi connectivity index (χ4n) is 3.51. The summed E-state index contributed by atoms with van der Waals surface area (Å²) < 4.78 is 39.8. The Hall–Kier alpha value is -2.09. The highest BCUT2D eigenvalue weighted by molar-refractivity contribution is 7.90. The van der Waals surface area contributed by atoms with Gasteiger partial charge in [0.1, 0.15) is 0 Å². The molecule has 0 atom stereocenters. The summed E-state index contributed by atoms with van der Waals surface area (Å²) >= 11 is 0. The molecule has 0 radical (unpaired) electrons. The molecule has 0 saturated carbocycles. The molecule has 0 bridgehead atoms. The zero-order chi connectivity index (χ0) is 20.3. The van der Waals surface area contributed by atoms with Crippen LogP contribution in [-0.4, -0.2) is 30.7 Å². The van der Waals surface area contributed by atoms with Crippen LogP contribution in [-0.2, 0) is 19.3 Å². The van der Waals surface area contributed by atoms with Crippen molar-refractivity contribution >= 4 is 33.5 Å². The second-order valence-electron chi connectivity index (χ2n) is 8.29. The standard InChI is InChI=1S/C21H24BNO4S/c1-15-13-17(22-26-20(2,3)21(4,5)27-22)14-16-11-12-23(19(15)16)28(24,25)18-9-7-6-8-10-18/h6-14H,1-5H3. The Morgan fingerprint density at radius 1 is 0.929 bits per heavy atom. The van der Waals surface area contributed by atoms with E-state index in [-0.39, 0.29) is 4.90 Å². The minimum absolute atomic E-state index is 0.266. The molecule has 0 amide bonds.